The van der Waals surface area contributed by atoms with Crippen LogP contribution in [-0.4, -0.2) is 23.3 Å². The molecule has 0 radical (unpaired) electrons. The van der Waals surface area contributed by atoms with Gasteiger partial charge in [-0.05, 0) is 25.7 Å². The number of carbonyl (C=O) groups is 1. The molecule has 0 amide bonds. The predicted octanol–water partition coefficient (Wildman–Crippen LogP) is 3.69. The van der Waals surface area contributed by atoms with Gasteiger partial charge < -0.3 is 9.84 Å². The normalized spacial score (nSPS) is 16.1. The molecular formula is C15H30O3. The number of rotatable bonds is 10. The highest BCUT2D eigenvalue weighted by atomic mass is 16.5. The van der Waals surface area contributed by atoms with E-state index in [1.807, 2.05) is 13.8 Å². The van der Waals surface area contributed by atoms with Gasteiger partial charge in [-0.1, -0.05) is 52.9 Å². The third-order valence-corrected chi connectivity index (χ3v) is 3.57. The van der Waals surface area contributed by atoms with Crippen molar-refractivity contribution in [3.8, 4) is 0 Å². The molecule has 0 heterocycles. The number of hydrogen-bond acceptors (Lipinski definition) is 3. The Hall–Kier alpha value is -0.570. The minimum Gasteiger partial charge on any atom is -0.464 e. The van der Waals surface area contributed by atoms with Crippen molar-refractivity contribution in [2.45, 2.75) is 78.2 Å². The molecule has 0 aliphatic heterocycles. The molecule has 3 heteroatoms. The standard InChI is InChI=1S/C15H30O3/c1-5-8-9-10-11-13(4)15(17,12-6-2)14(16)18-7-3/h13,17H,5-12H2,1-4H3. The Morgan fingerprint density at radius 1 is 1.17 bits per heavy atom. The Bertz CT molecular complexity index is 228. The smallest absolute Gasteiger partial charge is 0.338 e. The van der Waals surface area contributed by atoms with Crippen molar-refractivity contribution in [2.75, 3.05) is 6.61 Å². The van der Waals surface area contributed by atoms with E-state index in [2.05, 4.69) is 6.92 Å². The van der Waals surface area contributed by atoms with Crippen molar-refractivity contribution < 1.29 is 14.6 Å². The molecule has 2 unspecified atom stereocenters. The van der Waals surface area contributed by atoms with Gasteiger partial charge in [0.25, 0.3) is 0 Å². The van der Waals surface area contributed by atoms with Crippen LogP contribution in [0, 0.1) is 5.92 Å². The van der Waals surface area contributed by atoms with E-state index in [1.165, 1.54) is 19.3 Å². The lowest BCUT2D eigenvalue weighted by Gasteiger charge is -2.31. The van der Waals surface area contributed by atoms with Gasteiger partial charge in [-0.25, -0.2) is 4.79 Å². The SMILES string of the molecule is CCCCCCC(C)C(O)(CCC)C(=O)OCC. The molecule has 0 rings (SSSR count). The maximum atomic E-state index is 11.9. The summed E-state index contributed by atoms with van der Waals surface area (Å²) in [5.41, 5.74) is -1.29. The molecule has 0 bridgehead atoms. The molecule has 3 nitrogen and oxygen atoms in total. The molecular weight excluding hydrogens is 228 g/mol. The van der Waals surface area contributed by atoms with Crippen LogP contribution in [0.3, 0.4) is 0 Å². The average Bonchev–Trinajstić information content (AvgIpc) is 2.34. The first-order chi connectivity index (χ1) is 8.52. The fraction of sp³-hybridized carbons (Fsp3) is 0.933. The summed E-state index contributed by atoms with van der Waals surface area (Å²) < 4.78 is 5.02. The van der Waals surface area contributed by atoms with Crippen LogP contribution in [0.2, 0.25) is 0 Å². The second-order valence-corrected chi connectivity index (χ2v) is 5.15. The third kappa shape index (κ3) is 5.38. The largest absolute Gasteiger partial charge is 0.464 e. The molecule has 0 fully saturated rings. The zero-order chi connectivity index (χ0) is 14.0. The van der Waals surface area contributed by atoms with Crippen molar-refractivity contribution >= 4 is 5.97 Å². The van der Waals surface area contributed by atoms with Crippen molar-refractivity contribution in [1.29, 1.82) is 0 Å². The highest BCUT2D eigenvalue weighted by molar-refractivity contribution is 5.79. The summed E-state index contributed by atoms with van der Waals surface area (Å²) in [6, 6.07) is 0. The maximum Gasteiger partial charge on any atom is 0.338 e. The average molecular weight is 258 g/mol. The van der Waals surface area contributed by atoms with Crippen molar-refractivity contribution in [3.63, 3.8) is 0 Å². The fourth-order valence-electron chi connectivity index (χ4n) is 2.30. The van der Waals surface area contributed by atoms with Gasteiger partial charge in [0.15, 0.2) is 5.60 Å². The highest BCUT2D eigenvalue weighted by Gasteiger charge is 2.41. The topological polar surface area (TPSA) is 46.5 Å². The van der Waals surface area contributed by atoms with E-state index < -0.39 is 11.6 Å². The molecule has 0 aromatic heterocycles. The molecule has 2 atom stereocenters. The lowest BCUT2D eigenvalue weighted by molar-refractivity contribution is -0.172. The van der Waals surface area contributed by atoms with E-state index in [4.69, 9.17) is 4.74 Å². The van der Waals surface area contributed by atoms with E-state index in [9.17, 15) is 9.90 Å². The van der Waals surface area contributed by atoms with Crippen LogP contribution in [0.15, 0.2) is 0 Å². The van der Waals surface area contributed by atoms with Gasteiger partial charge in [0.1, 0.15) is 0 Å². The lowest BCUT2D eigenvalue weighted by Crippen LogP contribution is -2.46. The van der Waals surface area contributed by atoms with Crippen molar-refractivity contribution in [3.05, 3.63) is 0 Å². The van der Waals surface area contributed by atoms with Crippen LogP contribution in [0.1, 0.15) is 72.6 Å². The first kappa shape index (κ1) is 17.4. The number of unbranched alkanes of at least 4 members (excludes halogenated alkanes) is 3. The van der Waals surface area contributed by atoms with Crippen LogP contribution < -0.4 is 0 Å². The van der Waals surface area contributed by atoms with Crippen LogP contribution in [-0.2, 0) is 9.53 Å². The number of aliphatic hydroxyl groups is 1. The minimum atomic E-state index is -1.29. The van der Waals surface area contributed by atoms with Gasteiger partial charge >= 0.3 is 5.97 Å². The van der Waals surface area contributed by atoms with Crippen molar-refractivity contribution in [1.82, 2.24) is 0 Å². The quantitative estimate of drug-likeness (QED) is 0.480. The molecule has 18 heavy (non-hydrogen) atoms. The summed E-state index contributed by atoms with van der Waals surface area (Å²) in [6.45, 7) is 8.21. The second kappa shape index (κ2) is 9.37. The molecule has 0 aromatic rings. The summed E-state index contributed by atoms with van der Waals surface area (Å²) in [5, 5.41) is 10.6. The van der Waals surface area contributed by atoms with Crippen LogP contribution in [0.4, 0.5) is 0 Å². The van der Waals surface area contributed by atoms with Gasteiger partial charge in [0.05, 0.1) is 6.61 Å². The van der Waals surface area contributed by atoms with E-state index >= 15 is 0 Å². The summed E-state index contributed by atoms with van der Waals surface area (Å²) in [5.74, 6) is -0.483. The Morgan fingerprint density at radius 2 is 1.83 bits per heavy atom. The molecule has 1 N–H and O–H groups in total. The number of hydrogen-bond donors (Lipinski definition) is 1. The van der Waals surface area contributed by atoms with E-state index in [0.29, 0.717) is 13.0 Å². The van der Waals surface area contributed by atoms with E-state index in [-0.39, 0.29) is 5.92 Å². The molecule has 0 saturated carbocycles. The molecule has 0 spiro atoms. The predicted molar refractivity (Wildman–Crippen MR) is 74.4 cm³/mol. The van der Waals surface area contributed by atoms with E-state index in [1.54, 1.807) is 6.92 Å². The first-order valence-electron chi connectivity index (χ1n) is 7.42. The fourth-order valence-corrected chi connectivity index (χ4v) is 2.30. The maximum absolute atomic E-state index is 11.9. The lowest BCUT2D eigenvalue weighted by atomic mass is 9.81. The second-order valence-electron chi connectivity index (χ2n) is 5.15. The summed E-state index contributed by atoms with van der Waals surface area (Å²) in [6.07, 6.45) is 6.82. The Kier molecular flexibility index (Phi) is 9.08. The molecule has 0 aliphatic carbocycles. The Balaban J connectivity index is 4.41. The van der Waals surface area contributed by atoms with Gasteiger partial charge in [-0.2, -0.15) is 0 Å². The van der Waals surface area contributed by atoms with Gasteiger partial charge in [-0.15, -0.1) is 0 Å². The number of esters is 1. The summed E-state index contributed by atoms with van der Waals surface area (Å²) in [7, 11) is 0. The Labute approximate surface area is 112 Å². The Morgan fingerprint density at radius 3 is 2.33 bits per heavy atom. The van der Waals surface area contributed by atoms with Crippen LogP contribution in [0.5, 0.6) is 0 Å². The first-order valence-corrected chi connectivity index (χ1v) is 7.42. The molecule has 0 aromatic carbocycles. The summed E-state index contributed by atoms with van der Waals surface area (Å²) in [4.78, 5) is 11.9. The van der Waals surface area contributed by atoms with Crippen molar-refractivity contribution in [2.24, 2.45) is 5.92 Å². The van der Waals surface area contributed by atoms with Gasteiger partial charge in [0, 0.05) is 0 Å². The number of carbonyl (C=O) groups excluding carboxylic acids is 1. The number of ether oxygens (including phenoxy) is 1. The highest BCUT2D eigenvalue weighted by Crippen LogP contribution is 2.29. The minimum absolute atomic E-state index is 0.0339. The van der Waals surface area contributed by atoms with E-state index in [0.717, 1.165) is 19.3 Å². The molecule has 108 valence electrons. The third-order valence-electron chi connectivity index (χ3n) is 3.57. The molecule has 0 saturated heterocycles. The zero-order valence-corrected chi connectivity index (χ0v) is 12.5. The molecule has 0 aliphatic rings. The van der Waals surface area contributed by atoms with Crippen LogP contribution in [0.25, 0.3) is 0 Å². The summed E-state index contributed by atoms with van der Waals surface area (Å²) >= 11 is 0. The van der Waals surface area contributed by atoms with Crippen LogP contribution >= 0.6 is 0 Å². The van der Waals surface area contributed by atoms with Gasteiger partial charge in [-0.3, -0.25) is 0 Å². The van der Waals surface area contributed by atoms with Gasteiger partial charge in [0.2, 0.25) is 0 Å². The zero-order valence-electron chi connectivity index (χ0n) is 12.5. The monoisotopic (exact) mass is 258 g/mol.